The number of pyridine rings is 1. The average Bonchev–Trinajstić information content (AvgIpc) is 2.38. The van der Waals surface area contributed by atoms with Crippen LogP contribution in [0, 0.1) is 0 Å². The summed E-state index contributed by atoms with van der Waals surface area (Å²) in [7, 11) is 0. The molecule has 6 heteroatoms. The van der Waals surface area contributed by atoms with Crippen LogP contribution in [0.2, 0.25) is 0 Å². The van der Waals surface area contributed by atoms with Gasteiger partial charge >= 0.3 is 0 Å². The van der Waals surface area contributed by atoms with Crippen LogP contribution < -0.4 is 5.32 Å². The molecule has 2 rings (SSSR count). The zero-order valence-electron chi connectivity index (χ0n) is 9.03. The molecule has 0 radical (unpaired) electrons. The van der Waals surface area contributed by atoms with Gasteiger partial charge in [0, 0.05) is 6.20 Å². The molecular weight excluding hydrogens is 291 g/mol. The second-order valence-electron chi connectivity index (χ2n) is 3.99. The lowest BCUT2D eigenvalue weighted by Gasteiger charge is -2.39. The summed E-state index contributed by atoms with van der Waals surface area (Å²) < 4.78 is 19.3. The van der Waals surface area contributed by atoms with E-state index in [0.29, 0.717) is 10.2 Å². The predicted molar refractivity (Wildman–Crippen MR) is 63.4 cm³/mol. The molecule has 2 unspecified atom stereocenters. The van der Waals surface area contributed by atoms with Gasteiger partial charge in [-0.1, -0.05) is 0 Å². The second kappa shape index (κ2) is 5.20. The fraction of sp³-hybridized carbons (Fsp3) is 0.455. The van der Waals surface area contributed by atoms with Crippen LogP contribution in [0.3, 0.4) is 0 Å². The van der Waals surface area contributed by atoms with Crippen molar-refractivity contribution in [1.29, 1.82) is 0 Å². The third-order valence-corrected chi connectivity index (χ3v) is 3.21. The largest absolute Gasteiger partial charge is 0.377 e. The number of hydrogen-bond donors (Lipinski definition) is 1. The molecule has 4 nitrogen and oxygen atoms in total. The molecule has 1 aliphatic rings. The van der Waals surface area contributed by atoms with Gasteiger partial charge in [0.05, 0.1) is 24.8 Å². The summed E-state index contributed by atoms with van der Waals surface area (Å²) in [6.45, 7) is -0.171. The average molecular weight is 303 g/mol. The number of hydrogen-bond acceptors (Lipinski definition) is 4. The van der Waals surface area contributed by atoms with Crippen LogP contribution >= 0.6 is 15.9 Å². The van der Waals surface area contributed by atoms with Gasteiger partial charge in [-0.25, -0.2) is 9.37 Å². The summed E-state index contributed by atoms with van der Waals surface area (Å²) in [6, 6.07) is 2.96. The number of nitrogens with one attached hydrogen (secondary N) is 1. The zero-order valence-corrected chi connectivity index (χ0v) is 10.6. The molecular formula is C11H12BrFN2O2. The number of nitrogens with zero attached hydrogens (tertiary/aromatic N) is 1. The Hall–Kier alpha value is -0.850. The number of carbonyl (C=O) groups is 1. The van der Waals surface area contributed by atoms with Crippen LogP contribution in [0.4, 0.5) is 4.39 Å². The molecule has 92 valence electrons. The van der Waals surface area contributed by atoms with Gasteiger partial charge in [0.15, 0.2) is 0 Å². The monoisotopic (exact) mass is 302 g/mol. The number of aldehydes is 1. The number of rotatable bonds is 3. The summed E-state index contributed by atoms with van der Waals surface area (Å²) in [5, 5.41) is 2.99. The third kappa shape index (κ3) is 2.53. The van der Waals surface area contributed by atoms with Crippen molar-refractivity contribution < 1.29 is 13.9 Å². The maximum Gasteiger partial charge on any atom is 0.139 e. The van der Waals surface area contributed by atoms with E-state index in [9.17, 15) is 9.18 Å². The quantitative estimate of drug-likeness (QED) is 0.673. The van der Waals surface area contributed by atoms with Gasteiger partial charge in [-0.05, 0) is 33.6 Å². The Balaban J connectivity index is 2.33. The van der Waals surface area contributed by atoms with Crippen LogP contribution in [0.5, 0.6) is 0 Å². The van der Waals surface area contributed by atoms with Gasteiger partial charge < -0.3 is 9.53 Å². The molecule has 0 aliphatic carbocycles. The Bertz CT molecular complexity index is 418. The van der Waals surface area contributed by atoms with Gasteiger partial charge in [-0.3, -0.25) is 5.32 Å². The van der Waals surface area contributed by atoms with Crippen molar-refractivity contribution in [3.63, 3.8) is 0 Å². The van der Waals surface area contributed by atoms with Crippen molar-refractivity contribution in [3.8, 4) is 0 Å². The smallest absolute Gasteiger partial charge is 0.139 e. The molecule has 2 heterocycles. The number of carbonyl (C=O) groups excluding carboxylic acids is 1. The van der Waals surface area contributed by atoms with E-state index in [1.807, 2.05) is 0 Å². The Morgan fingerprint density at radius 3 is 3.24 bits per heavy atom. The van der Waals surface area contributed by atoms with Gasteiger partial charge in [0.1, 0.15) is 17.6 Å². The first-order valence-electron chi connectivity index (χ1n) is 5.19. The van der Waals surface area contributed by atoms with Crippen molar-refractivity contribution in [3.05, 3.63) is 28.5 Å². The molecule has 1 aliphatic heterocycles. The molecule has 1 N–H and O–H groups in total. The molecule has 17 heavy (non-hydrogen) atoms. The predicted octanol–water partition coefficient (Wildman–Crippen LogP) is 1.20. The van der Waals surface area contributed by atoms with E-state index in [1.54, 1.807) is 18.3 Å². The molecule has 0 spiro atoms. The number of morpholine rings is 1. The van der Waals surface area contributed by atoms with Crippen LogP contribution in [-0.4, -0.2) is 37.2 Å². The fourth-order valence-electron chi connectivity index (χ4n) is 1.89. The molecule has 0 saturated carbocycles. The molecule has 1 fully saturated rings. The minimum absolute atomic E-state index is 0.199. The lowest BCUT2D eigenvalue weighted by Crippen LogP contribution is -2.58. The first kappa shape index (κ1) is 12.6. The Kier molecular flexibility index (Phi) is 3.86. The maximum absolute atomic E-state index is 13.4. The molecule has 1 aromatic rings. The van der Waals surface area contributed by atoms with E-state index in [2.05, 4.69) is 26.2 Å². The minimum atomic E-state index is -0.963. The highest BCUT2D eigenvalue weighted by Gasteiger charge is 2.38. The van der Waals surface area contributed by atoms with Crippen molar-refractivity contribution in [1.82, 2.24) is 10.3 Å². The molecule has 0 amide bonds. The molecule has 0 aromatic carbocycles. The van der Waals surface area contributed by atoms with Gasteiger partial charge in [0.2, 0.25) is 0 Å². The highest BCUT2D eigenvalue weighted by atomic mass is 79.9. The van der Waals surface area contributed by atoms with Gasteiger partial charge in [-0.15, -0.1) is 0 Å². The molecule has 1 saturated heterocycles. The number of ether oxygens (including phenoxy) is 1. The van der Waals surface area contributed by atoms with Crippen molar-refractivity contribution in [2.75, 3.05) is 19.9 Å². The SMILES string of the molecule is O=CC1COCC(CF)(c2ccnc(Br)c2)N1. The van der Waals surface area contributed by atoms with Crippen LogP contribution in [0.25, 0.3) is 0 Å². The zero-order chi connectivity index (χ0) is 12.3. The Morgan fingerprint density at radius 2 is 2.59 bits per heavy atom. The number of halogens is 2. The van der Waals surface area contributed by atoms with E-state index >= 15 is 0 Å². The van der Waals surface area contributed by atoms with Gasteiger partial charge in [-0.2, -0.15) is 0 Å². The van der Waals surface area contributed by atoms with E-state index < -0.39 is 18.3 Å². The van der Waals surface area contributed by atoms with E-state index in [-0.39, 0.29) is 13.2 Å². The van der Waals surface area contributed by atoms with E-state index in [0.717, 1.165) is 6.29 Å². The van der Waals surface area contributed by atoms with Crippen LogP contribution in [0.1, 0.15) is 5.56 Å². The molecule has 0 bridgehead atoms. The number of aromatic nitrogens is 1. The molecule has 1 aromatic heterocycles. The summed E-state index contributed by atoms with van der Waals surface area (Å²) in [6.07, 6.45) is 2.32. The molecule has 2 atom stereocenters. The Morgan fingerprint density at radius 1 is 1.76 bits per heavy atom. The highest BCUT2D eigenvalue weighted by Crippen LogP contribution is 2.27. The van der Waals surface area contributed by atoms with E-state index in [4.69, 9.17) is 4.74 Å². The first-order chi connectivity index (χ1) is 8.20. The Labute approximate surface area is 107 Å². The van der Waals surface area contributed by atoms with Crippen molar-refractivity contribution in [2.45, 2.75) is 11.6 Å². The van der Waals surface area contributed by atoms with Crippen LogP contribution in [-0.2, 0) is 15.1 Å². The standard InChI is InChI=1S/C11H12BrFN2O2/c12-10-3-8(1-2-14-10)11(6-13)7-17-5-9(4-16)15-11/h1-4,9,15H,5-7H2. The highest BCUT2D eigenvalue weighted by molar-refractivity contribution is 9.10. The second-order valence-corrected chi connectivity index (χ2v) is 4.80. The normalized spacial score (nSPS) is 28.9. The summed E-state index contributed by atoms with van der Waals surface area (Å²) in [4.78, 5) is 14.8. The first-order valence-corrected chi connectivity index (χ1v) is 5.98. The summed E-state index contributed by atoms with van der Waals surface area (Å²) in [5.41, 5.74) is -0.247. The number of alkyl halides is 1. The van der Waals surface area contributed by atoms with Crippen molar-refractivity contribution in [2.24, 2.45) is 0 Å². The third-order valence-electron chi connectivity index (χ3n) is 2.78. The summed E-state index contributed by atoms with van der Waals surface area (Å²) in [5.74, 6) is 0. The summed E-state index contributed by atoms with van der Waals surface area (Å²) >= 11 is 3.24. The minimum Gasteiger partial charge on any atom is -0.377 e. The maximum atomic E-state index is 13.4. The van der Waals surface area contributed by atoms with Gasteiger partial charge in [0.25, 0.3) is 0 Å². The lowest BCUT2D eigenvalue weighted by atomic mass is 9.91. The van der Waals surface area contributed by atoms with Crippen molar-refractivity contribution >= 4 is 22.2 Å². The topological polar surface area (TPSA) is 51.2 Å². The fourth-order valence-corrected chi connectivity index (χ4v) is 2.26. The van der Waals surface area contributed by atoms with Crippen LogP contribution in [0.15, 0.2) is 22.9 Å². The lowest BCUT2D eigenvalue weighted by molar-refractivity contribution is -0.115. The van der Waals surface area contributed by atoms with E-state index in [1.165, 1.54) is 0 Å².